The summed E-state index contributed by atoms with van der Waals surface area (Å²) < 4.78 is 11.7. The summed E-state index contributed by atoms with van der Waals surface area (Å²) in [5.74, 6) is 2.13. The van der Waals surface area contributed by atoms with Gasteiger partial charge in [-0.25, -0.2) is 0 Å². The molecule has 21 heavy (non-hydrogen) atoms. The highest BCUT2D eigenvalue weighted by atomic mass is 79.9. The van der Waals surface area contributed by atoms with Gasteiger partial charge in [0.2, 0.25) is 6.79 Å². The number of aliphatic hydroxyl groups is 1. The largest absolute Gasteiger partial charge is 0.454 e. The van der Waals surface area contributed by atoms with Gasteiger partial charge in [0.1, 0.15) is 0 Å². The molecule has 1 atom stereocenters. The zero-order valence-electron chi connectivity index (χ0n) is 12.3. The number of halogens is 1. The average molecular weight is 356 g/mol. The molecule has 1 saturated carbocycles. The molecule has 5 heteroatoms. The summed E-state index contributed by atoms with van der Waals surface area (Å²) >= 11 is 3.49. The van der Waals surface area contributed by atoms with E-state index in [0.29, 0.717) is 18.0 Å². The van der Waals surface area contributed by atoms with E-state index in [4.69, 9.17) is 15.2 Å². The lowest BCUT2D eigenvalue weighted by Gasteiger charge is -2.42. The van der Waals surface area contributed by atoms with Crippen molar-refractivity contribution in [3.63, 3.8) is 0 Å². The van der Waals surface area contributed by atoms with Gasteiger partial charge in [-0.15, -0.1) is 0 Å². The summed E-state index contributed by atoms with van der Waals surface area (Å²) in [6, 6.07) is 3.81. The van der Waals surface area contributed by atoms with Crippen LogP contribution in [0.15, 0.2) is 16.6 Å². The van der Waals surface area contributed by atoms with E-state index < -0.39 is 6.10 Å². The van der Waals surface area contributed by atoms with Crippen molar-refractivity contribution in [3.05, 3.63) is 22.2 Å². The van der Waals surface area contributed by atoms with E-state index in [1.165, 1.54) is 0 Å². The lowest BCUT2D eigenvalue weighted by Crippen LogP contribution is -2.40. The Morgan fingerprint density at radius 2 is 2.10 bits per heavy atom. The van der Waals surface area contributed by atoms with E-state index in [1.54, 1.807) is 0 Å². The van der Waals surface area contributed by atoms with Gasteiger partial charge in [0.15, 0.2) is 11.5 Å². The minimum atomic E-state index is -0.569. The number of benzene rings is 1. The highest BCUT2D eigenvalue weighted by Gasteiger charge is 2.40. The first-order chi connectivity index (χ1) is 10.1. The fourth-order valence-electron chi connectivity index (χ4n) is 3.42. The normalized spacial score (nSPS) is 29.4. The van der Waals surface area contributed by atoms with Crippen LogP contribution in [0.2, 0.25) is 0 Å². The first-order valence-corrected chi connectivity index (χ1v) is 8.32. The van der Waals surface area contributed by atoms with Crippen molar-refractivity contribution in [3.8, 4) is 11.5 Å². The second-order valence-corrected chi connectivity index (χ2v) is 7.24. The van der Waals surface area contributed by atoms with Gasteiger partial charge in [0, 0.05) is 12.0 Å². The Morgan fingerprint density at radius 1 is 1.38 bits per heavy atom. The number of ether oxygens (including phenoxy) is 2. The van der Waals surface area contributed by atoms with Gasteiger partial charge in [0.05, 0.1) is 10.6 Å². The molecule has 1 aromatic carbocycles. The Balaban J connectivity index is 1.90. The Hall–Kier alpha value is -0.780. The number of aliphatic hydroxyl groups excluding tert-OH is 1. The molecule has 0 aromatic heterocycles. The lowest BCUT2D eigenvalue weighted by atomic mass is 9.66. The molecule has 1 unspecified atom stereocenters. The third-order valence-corrected chi connectivity index (χ3v) is 5.61. The van der Waals surface area contributed by atoms with E-state index in [1.807, 2.05) is 12.1 Å². The van der Waals surface area contributed by atoms with Gasteiger partial charge >= 0.3 is 0 Å². The summed E-state index contributed by atoms with van der Waals surface area (Å²) in [5, 5.41) is 10.9. The van der Waals surface area contributed by atoms with Crippen LogP contribution in [0.25, 0.3) is 0 Å². The van der Waals surface area contributed by atoms with Crippen LogP contribution in [-0.4, -0.2) is 18.4 Å². The predicted octanol–water partition coefficient (Wildman–Crippen LogP) is 3.37. The Bertz CT molecular complexity index is 526. The third kappa shape index (κ3) is 2.67. The maximum Gasteiger partial charge on any atom is 0.231 e. The molecule has 0 saturated heterocycles. The van der Waals surface area contributed by atoms with Crippen LogP contribution in [0.5, 0.6) is 11.5 Å². The summed E-state index contributed by atoms with van der Waals surface area (Å²) in [6.45, 7) is 3.00. The van der Waals surface area contributed by atoms with Crippen molar-refractivity contribution >= 4 is 15.9 Å². The predicted molar refractivity (Wildman–Crippen MR) is 84.3 cm³/mol. The van der Waals surface area contributed by atoms with E-state index in [0.717, 1.165) is 41.6 Å². The van der Waals surface area contributed by atoms with Crippen LogP contribution < -0.4 is 15.2 Å². The van der Waals surface area contributed by atoms with Crippen molar-refractivity contribution in [2.75, 3.05) is 13.3 Å². The van der Waals surface area contributed by atoms with E-state index >= 15 is 0 Å². The van der Waals surface area contributed by atoms with Gasteiger partial charge in [-0.1, -0.05) is 19.8 Å². The zero-order chi connectivity index (χ0) is 15.0. The summed E-state index contributed by atoms with van der Waals surface area (Å²) in [6.07, 6.45) is 3.62. The minimum absolute atomic E-state index is 0.223. The molecule has 1 heterocycles. The Morgan fingerprint density at radius 3 is 2.76 bits per heavy atom. The fourth-order valence-corrected chi connectivity index (χ4v) is 4.00. The highest BCUT2D eigenvalue weighted by molar-refractivity contribution is 9.10. The maximum atomic E-state index is 10.9. The van der Waals surface area contributed by atoms with Gasteiger partial charge < -0.3 is 20.3 Å². The van der Waals surface area contributed by atoms with Crippen molar-refractivity contribution in [2.45, 2.75) is 38.7 Å². The van der Waals surface area contributed by atoms with Gasteiger partial charge in [-0.2, -0.15) is 0 Å². The Kier molecular flexibility index (Phi) is 4.17. The van der Waals surface area contributed by atoms with Crippen molar-refractivity contribution in [1.29, 1.82) is 0 Å². The molecule has 3 N–H and O–H groups in total. The van der Waals surface area contributed by atoms with Crippen LogP contribution in [-0.2, 0) is 0 Å². The minimum Gasteiger partial charge on any atom is -0.454 e. The molecule has 1 aliphatic heterocycles. The molecule has 2 aliphatic rings. The number of fused-ring (bicyclic) bond motifs is 1. The zero-order valence-corrected chi connectivity index (χ0v) is 13.9. The molecule has 0 amide bonds. The molecule has 116 valence electrons. The first-order valence-electron chi connectivity index (χ1n) is 7.53. The summed E-state index contributed by atoms with van der Waals surface area (Å²) in [5.41, 5.74) is 6.68. The number of nitrogens with two attached hydrogens (primary N) is 1. The van der Waals surface area contributed by atoms with Crippen LogP contribution in [0.3, 0.4) is 0 Å². The van der Waals surface area contributed by atoms with Crippen molar-refractivity contribution in [1.82, 2.24) is 0 Å². The van der Waals surface area contributed by atoms with Gasteiger partial charge in [0.25, 0.3) is 0 Å². The molecule has 3 rings (SSSR count). The highest BCUT2D eigenvalue weighted by Crippen LogP contribution is 2.49. The molecule has 1 aromatic rings. The maximum absolute atomic E-state index is 10.9. The molecular formula is C16H22BrNO3. The quantitative estimate of drug-likeness (QED) is 0.872. The lowest BCUT2D eigenvalue weighted by molar-refractivity contribution is -0.00830. The van der Waals surface area contributed by atoms with Crippen LogP contribution in [0.1, 0.15) is 44.3 Å². The van der Waals surface area contributed by atoms with E-state index in [-0.39, 0.29) is 12.2 Å². The molecular weight excluding hydrogens is 334 g/mol. The van der Waals surface area contributed by atoms with Gasteiger partial charge in [-0.3, -0.25) is 0 Å². The van der Waals surface area contributed by atoms with Gasteiger partial charge in [-0.05, 0) is 52.4 Å². The molecule has 0 spiro atoms. The fraction of sp³-hybridized carbons (Fsp3) is 0.625. The van der Waals surface area contributed by atoms with E-state index in [9.17, 15) is 5.11 Å². The first kappa shape index (κ1) is 15.1. The average Bonchev–Trinajstić information content (AvgIpc) is 2.97. The third-order valence-electron chi connectivity index (χ3n) is 5.02. The summed E-state index contributed by atoms with van der Waals surface area (Å²) in [4.78, 5) is 0. The van der Waals surface area contributed by atoms with Crippen LogP contribution in [0, 0.1) is 11.3 Å². The van der Waals surface area contributed by atoms with E-state index in [2.05, 4.69) is 22.9 Å². The van der Waals surface area contributed by atoms with Crippen molar-refractivity contribution < 1.29 is 14.6 Å². The van der Waals surface area contributed by atoms with Crippen LogP contribution in [0.4, 0.5) is 0 Å². The second kappa shape index (κ2) is 5.78. The monoisotopic (exact) mass is 355 g/mol. The number of hydrogen-bond acceptors (Lipinski definition) is 4. The second-order valence-electron chi connectivity index (χ2n) is 6.39. The number of hydrogen-bond donors (Lipinski definition) is 2. The standard InChI is InChI=1S/C16H22BrNO3/c1-10-2-4-16(8-18,5-3-10)15(19)11-6-12(17)14-13(7-11)20-9-21-14/h6-7,10,15,19H,2-5,8-9,18H2,1H3. The molecule has 4 nitrogen and oxygen atoms in total. The molecule has 1 aliphatic carbocycles. The van der Waals surface area contributed by atoms with Crippen LogP contribution >= 0.6 is 15.9 Å². The smallest absolute Gasteiger partial charge is 0.231 e. The molecule has 0 bridgehead atoms. The Labute approximate surface area is 133 Å². The topological polar surface area (TPSA) is 64.7 Å². The molecule has 1 fully saturated rings. The SMILES string of the molecule is CC1CCC(CN)(C(O)c2cc(Br)c3c(c2)OCO3)CC1. The summed E-state index contributed by atoms with van der Waals surface area (Å²) in [7, 11) is 0. The number of rotatable bonds is 3. The van der Waals surface area contributed by atoms with Crippen molar-refractivity contribution in [2.24, 2.45) is 17.1 Å². The molecule has 0 radical (unpaired) electrons.